The van der Waals surface area contributed by atoms with E-state index in [1.807, 2.05) is 11.9 Å². The largest absolute Gasteiger partial charge is 0.396 e. The van der Waals surface area contributed by atoms with E-state index >= 15 is 0 Å². The molecule has 2 aromatic rings. The van der Waals surface area contributed by atoms with Crippen molar-refractivity contribution in [1.82, 2.24) is 4.98 Å². The molecule has 0 aliphatic rings. The summed E-state index contributed by atoms with van der Waals surface area (Å²) in [6.45, 7) is 2.84. The Morgan fingerprint density at radius 3 is 2.56 bits per heavy atom. The number of aryl methyl sites for hydroxylation is 1. The first kappa shape index (κ1) is 12.7. The molecule has 0 unspecified atom stereocenters. The predicted molar refractivity (Wildman–Crippen MR) is 76.9 cm³/mol. The number of nitrogens with two attached hydrogens (primary N) is 1. The fourth-order valence-electron chi connectivity index (χ4n) is 1.81. The highest BCUT2D eigenvalue weighted by atomic mass is 35.5. The summed E-state index contributed by atoms with van der Waals surface area (Å²) in [6, 6.07) is 10.1. The molecule has 4 heteroatoms. The lowest BCUT2D eigenvalue weighted by Crippen LogP contribution is -2.19. The summed E-state index contributed by atoms with van der Waals surface area (Å²) in [7, 11) is 1.96. The maximum Gasteiger partial charge on any atom is 0.151 e. The van der Waals surface area contributed by atoms with Crippen LogP contribution in [0.5, 0.6) is 0 Å². The molecule has 0 saturated heterocycles. The zero-order valence-corrected chi connectivity index (χ0v) is 11.3. The Morgan fingerprint density at radius 1 is 1.28 bits per heavy atom. The van der Waals surface area contributed by atoms with Gasteiger partial charge in [-0.3, -0.25) is 0 Å². The van der Waals surface area contributed by atoms with Gasteiger partial charge >= 0.3 is 0 Å². The number of rotatable bonds is 3. The molecular weight excluding hydrogens is 246 g/mol. The third-order valence-corrected chi connectivity index (χ3v) is 2.97. The van der Waals surface area contributed by atoms with Crippen molar-refractivity contribution in [3.63, 3.8) is 0 Å². The van der Waals surface area contributed by atoms with Crippen LogP contribution < -0.4 is 10.6 Å². The molecule has 3 nitrogen and oxygen atoms in total. The molecule has 0 bridgehead atoms. The summed E-state index contributed by atoms with van der Waals surface area (Å²) < 4.78 is 0. The van der Waals surface area contributed by atoms with Gasteiger partial charge in [-0.05, 0) is 18.6 Å². The Bertz CT molecular complexity index is 537. The van der Waals surface area contributed by atoms with E-state index in [2.05, 4.69) is 36.2 Å². The average molecular weight is 262 g/mol. The molecule has 18 heavy (non-hydrogen) atoms. The minimum absolute atomic E-state index is 0.556. The van der Waals surface area contributed by atoms with E-state index in [1.165, 1.54) is 11.1 Å². The van der Waals surface area contributed by atoms with Gasteiger partial charge in [0, 0.05) is 19.8 Å². The maximum absolute atomic E-state index is 5.91. The lowest BCUT2D eigenvalue weighted by Gasteiger charge is -2.20. The van der Waals surface area contributed by atoms with Crippen LogP contribution in [-0.2, 0) is 6.54 Å². The van der Waals surface area contributed by atoms with Crippen LogP contribution >= 0.6 is 11.6 Å². The van der Waals surface area contributed by atoms with Crippen LogP contribution in [0.25, 0.3) is 0 Å². The van der Waals surface area contributed by atoms with Crippen molar-refractivity contribution in [2.75, 3.05) is 17.7 Å². The number of halogens is 1. The Balaban J connectivity index is 2.16. The monoisotopic (exact) mass is 261 g/mol. The zero-order chi connectivity index (χ0) is 13.1. The first-order valence-corrected chi connectivity index (χ1v) is 6.12. The lowest BCUT2D eigenvalue weighted by molar-refractivity contribution is 0.900. The number of pyridine rings is 1. The molecule has 0 atom stereocenters. The van der Waals surface area contributed by atoms with Crippen molar-refractivity contribution in [3.8, 4) is 0 Å². The van der Waals surface area contributed by atoms with E-state index in [4.69, 9.17) is 17.3 Å². The van der Waals surface area contributed by atoms with Crippen molar-refractivity contribution >= 4 is 23.1 Å². The Morgan fingerprint density at radius 2 is 1.94 bits per heavy atom. The molecular formula is C14H16ClN3. The lowest BCUT2D eigenvalue weighted by atomic mass is 10.1. The van der Waals surface area contributed by atoms with Crippen molar-refractivity contribution in [2.45, 2.75) is 13.5 Å². The van der Waals surface area contributed by atoms with E-state index in [9.17, 15) is 0 Å². The molecule has 2 N–H and O–H groups in total. The highest BCUT2D eigenvalue weighted by molar-refractivity contribution is 6.30. The van der Waals surface area contributed by atoms with Gasteiger partial charge in [-0.15, -0.1) is 0 Å². The normalized spacial score (nSPS) is 10.4. The van der Waals surface area contributed by atoms with E-state index in [0.29, 0.717) is 10.7 Å². The van der Waals surface area contributed by atoms with Gasteiger partial charge in [-0.25, -0.2) is 4.98 Å². The second-order valence-electron chi connectivity index (χ2n) is 4.41. The quantitative estimate of drug-likeness (QED) is 0.922. The number of aromatic nitrogens is 1. The van der Waals surface area contributed by atoms with Crippen LogP contribution in [0.1, 0.15) is 11.1 Å². The fourth-order valence-corrected chi connectivity index (χ4v) is 1.98. The first-order chi connectivity index (χ1) is 8.56. The van der Waals surface area contributed by atoms with Crippen molar-refractivity contribution in [1.29, 1.82) is 0 Å². The highest BCUT2D eigenvalue weighted by Gasteiger charge is 2.08. The third kappa shape index (κ3) is 2.93. The average Bonchev–Trinajstić information content (AvgIpc) is 2.32. The second-order valence-corrected chi connectivity index (χ2v) is 4.84. The smallest absolute Gasteiger partial charge is 0.151 e. The Labute approximate surface area is 112 Å². The standard InChI is InChI=1S/C14H16ClN3/c1-10-3-5-11(6-4-10)9-18(2)14-13(16)7-12(15)8-17-14/h3-8H,9,16H2,1-2H3. The van der Waals surface area contributed by atoms with Crippen LogP contribution in [0.4, 0.5) is 11.5 Å². The van der Waals surface area contributed by atoms with E-state index in [-0.39, 0.29) is 0 Å². The maximum atomic E-state index is 5.91. The summed E-state index contributed by atoms with van der Waals surface area (Å²) in [5.74, 6) is 0.750. The van der Waals surface area contributed by atoms with Gasteiger partial charge in [0.2, 0.25) is 0 Å². The Hall–Kier alpha value is -1.74. The van der Waals surface area contributed by atoms with Gasteiger partial charge < -0.3 is 10.6 Å². The molecule has 0 spiro atoms. The van der Waals surface area contributed by atoms with Gasteiger partial charge in [-0.2, -0.15) is 0 Å². The second kappa shape index (κ2) is 5.27. The molecule has 0 saturated carbocycles. The van der Waals surface area contributed by atoms with Crippen LogP contribution in [0, 0.1) is 6.92 Å². The fraction of sp³-hybridized carbons (Fsp3) is 0.214. The van der Waals surface area contributed by atoms with Crippen LogP contribution in [0.2, 0.25) is 5.02 Å². The molecule has 0 radical (unpaired) electrons. The molecule has 94 valence electrons. The molecule has 1 heterocycles. The molecule has 1 aromatic carbocycles. The highest BCUT2D eigenvalue weighted by Crippen LogP contribution is 2.23. The van der Waals surface area contributed by atoms with Crippen LogP contribution in [0.15, 0.2) is 36.5 Å². The number of benzene rings is 1. The minimum atomic E-state index is 0.556. The van der Waals surface area contributed by atoms with Crippen molar-refractivity contribution in [3.05, 3.63) is 52.7 Å². The molecule has 0 aliphatic carbocycles. The molecule has 0 amide bonds. The molecule has 0 aliphatic heterocycles. The van der Waals surface area contributed by atoms with E-state index < -0.39 is 0 Å². The number of nitrogens with zero attached hydrogens (tertiary/aromatic N) is 2. The summed E-state index contributed by atoms with van der Waals surface area (Å²) in [5.41, 5.74) is 8.98. The zero-order valence-electron chi connectivity index (χ0n) is 10.5. The molecule has 1 aromatic heterocycles. The predicted octanol–water partition coefficient (Wildman–Crippen LogP) is 3.26. The van der Waals surface area contributed by atoms with Crippen molar-refractivity contribution < 1.29 is 0 Å². The van der Waals surface area contributed by atoms with Crippen LogP contribution in [-0.4, -0.2) is 12.0 Å². The van der Waals surface area contributed by atoms with E-state index in [1.54, 1.807) is 12.3 Å². The number of anilines is 2. The molecule has 0 fully saturated rings. The number of nitrogen functional groups attached to an aromatic ring is 1. The number of hydrogen-bond donors (Lipinski definition) is 1. The Kier molecular flexibility index (Phi) is 3.72. The van der Waals surface area contributed by atoms with Crippen LogP contribution in [0.3, 0.4) is 0 Å². The van der Waals surface area contributed by atoms with Gasteiger partial charge in [0.25, 0.3) is 0 Å². The topological polar surface area (TPSA) is 42.2 Å². The van der Waals surface area contributed by atoms with Gasteiger partial charge in [0.15, 0.2) is 5.82 Å². The SMILES string of the molecule is Cc1ccc(CN(C)c2ncc(Cl)cc2N)cc1. The van der Waals surface area contributed by atoms with Gasteiger partial charge in [0.1, 0.15) is 0 Å². The number of hydrogen-bond acceptors (Lipinski definition) is 3. The van der Waals surface area contributed by atoms with Gasteiger partial charge in [-0.1, -0.05) is 41.4 Å². The van der Waals surface area contributed by atoms with Crippen molar-refractivity contribution in [2.24, 2.45) is 0 Å². The summed E-state index contributed by atoms with van der Waals surface area (Å²) >= 11 is 5.84. The van der Waals surface area contributed by atoms with Gasteiger partial charge in [0.05, 0.1) is 10.7 Å². The minimum Gasteiger partial charge on any atom is -0.396 e. The molecule has 2 rings (SSSR count). The summed E-state index contributed by atoms with van der Waals surface area (Å²) in [6.07, 6.45) is 1.61. The first-order valence-electron chi connectivity index (χ1n) is 5.74. The summed E-state index contributed by atoms with van der Waals surface area (Å²) in [4.78, 5) is 6.27. The third-order valence-electron chi connectivity index (χ3n) is 2.76. The van der Waals surface area contributed by atoms with E-state index in [0.717, 1.165) is 12.4 Å². The summed E-state index contributed by atoms with van der Waals surface area (Å²) in [5, 5.41) is 0.556.